The van der Waals surface area contributed by atoms with Gasteiger partial charge in [-0.3, -0.25) is 0 Å². The van der Waals surface area contributed by atoms with Crippen molar-refractivity contribution in [3.8, 4) is 0 Å². The average molecular weight is 278 g/mol. The summed E-state index contributed by atoms with van der Waals surface area (Å²) in [5.41, 5.74) is 0.985. The van der Waals surface area contributed by atoms with Crippen molar-refractivity contribution in [2.75, 3.05) is 6.61 Å². The molecule has 5 heteroatoms. The molecule has 3 saturated heterocycles. The Labute approximate surface area is 117 Å². The summed E-state index contributed by atoms with van der Waals surface area (Å²) in [5.74, 6) is -0.592. The van der Waals surface area contributed by atoms with E-state index in [0.717, 1.165) is 5.56 Å². The molecule has 0 radical (unpaired) electrons. The van der Waals surface area contributed by atoms with Crippen LogP contribution in [0.2, 0.25) is 0 Å². The van der Waals surface area contributed by atoms with Gasteiger partial charge in [0.15, 0.2) is 18.4 Å². The molecule has 1 aromatic rings. The molecule has 4 rings (SSSR count). The van der Waals surface area contributed by atoms with Gasteiger partial charge in [-0.15, -0.1) is 0 Å². The van der Waals surface area contributed by atoms with Gasteiger partial charge in [-0.05, 0) is 13.8 Å². The number of benzene rings is 1. The van der Waals surface area contributed by atoms with E-state index in [2.05, 4.69) is 0 Å². The summed E-state index contributed by atoms with van der Waals surface area (Å²) in [4.78, 5) is 0. The second-order valence-electron chi connectivity index (χ2n) is 5.82. The molecule has 20 heavy (non-hydrogen) atoms. The fraction of sp³-hybridized carbons (Fsp3) is 0.600. The van der Waals surface area contributed by atoms with Crippen LogP contribution in [0.5, 0.6) is 0 Å². The van der Waals surface area contributed by atoms with Crippen molar-refractivity contribution in [1.82, 2.24) is 0 Å². The Kier molecular flexibility index (Phi) is 2.87. The molecule has 5 atom stereocenters. The van der Waals surface area contributed by atoms with E-state index in [0.29, 0.717) is 6.61 Å². The fourth-order valence-corrected chi connectivity index (χ4v) is 3.01. The molecule has 3 fully saturated rings. The van der Waals surface area contributed by atoms with Crippen molar-refractivity contribution in [3.63, 3.8) is 0 Å². The van der Waals surface area contributed by atoms with Gasteiger partial charge >= 0.3 is 0 Å². The molecule has 0 aliphatic carbocycles. The van der Waals surface area contributed by atoms with Crippen molar-refractivity contribution in [1.29, 1.82) is 0 Å². The maximum absolute atomic E-state index is 5.95. The predicted octanol–water partition coefficient (Wildman–Crippen LogP) is 1.98. The maximum Gasteiger partial charge on any atom is 0.190 e. The summed E-state index contributed by atoms with van der Waals surface area (Å²) in [5, 5.41) is 0. The van der Waals surface area contributed by atoms with Gasteiger partial charge in [0.1, 0.15) is 18.3 Å². The zero-order valence-corrected chi connectivity index (χ0v) is 11.5. The first-order chi connectivity index (χ1) is 9.62. The van der Waals surface area contributed by atoms with Crippen LogP contribution in [0.1, 0.15) is 25.7 Å². The minimum atomic E-state index is -0.592. The first kappa shape index (κ1) is 12.7. The van der Waals surface area contributed by atoms with Crippen molar-refractivity contribution >= 4 is 0 Å². The molecule has 1 aromatic carbocycles. The summed E-state index contributed by atoms with van der Waals surface area (Å²) in [6.45, 7) is 4.26. The van der Waals surface area contributed by atoms with E-state index in [1.165, 1.54) is 0 Å². The lowest BCUT2D eigenvalue weighted by atomic mass is 10.1. The number of ether oxygens (including phenoxy) is 5. The monoisotopic (exact) mass is 278 g/mol. The molecule has 0 saturated carbocycles. The van der Waals surface area contributed by atoms with Gasteiger partial charge in [-0.2, -0.15) is 0 Å². The van der Waals surface area contributed by atoms with Crippen LogP contribution in [-0.4, -0.2) is 37.0 Å². The summed E-state index contributed by atoms with van der Waals surface area (Å²) in [7, 11) is 0. The van der Waals surface area contributed by atoms with Gasteiger partial charge in [0.25, 0.3) is 0 Å². The Bertz CT molecular complexity index is 488. The van der Waals surface area contributed by atoms with E-state index in [4.69, 9.17) is 23.7 Å². The minimum absolute atomic E-state index is 0.119. The maximum atomic E-state index is 5.95. The minimum Gasteiger partial charge on any atom is -0.345 e. The number of hydrogen-bond acceptors (Lipinski definition) is 5. The van der Waals surface area contributed by atoms with Crippen LogP contribution in [0.15, 0.2) is 30.3 Å². The topological polar surface area (TPSA) is 46.2 Å². The van der Waals surface area contributed by atoms with Gasteiger partial charge in [0, 0.05) is 5.56 Å². The molecule has 0 aromatic heterocycles. The molecule has 0 unspecified atom stereocenters. The van der Waals surface area contributed by atoms with E-state index >= 15 is 0 Å². The Hall–Kier alpha value is -0.980. The highest BCUT2D eigenvalue weighted by Crippen LogP contribution is 2.42. The third-order valence-electron chi connectivity index (χ3n) is 3.85. The third-order valence-corrected chi connectivity index (χ3v) is 3.85. The van der Waals surface area contributed by atoms with Crippen LogP contribution in [0.4, 0.5) is 0 Å². The SMILES string of the molecule is CC1(C)O[C@H]2[C@@H]3O[C@H](c4ccccc4)OC[C@@H](O3)[C@H]2O1. The largest absolute Gasteiger partial charge is 0.345 e. The Balaban J connectivity index is 1.56. The first-order valence-electron chi connectivity index (χ1n) is 6.95. The van der Waals surface area contributed by atoms with Crippen molar-refractivity contribution in [2.45, 2.75) is 50.5 Å². The smallest absolute Gasteiger partial charge is 0.190 e. The highest BCUT2D eigenvalue weighted by molar-refractivity contribution is 5.16. The van der Waals surface area contributed by atoms with Gasteiger partial charge in [0.05, 0.1) is 6.61 Å². The fourth-order valence-electron chi connectivity index (χ4n) is 3.01. The summed E-state index contributed by atoms with van der Waals surface area (Å²) >= 11 is 0. The lowest BCUT2D eigenvalue weighted by Crippen LogP contribution is -2.36. The molecule has 0 N–H and O–H groups in total. The second-order valence-corrected chi connectivity index (χ2v) is 5.82. The zero-order valence-electron chi connectivity index (χ0n) is 11.5. The molecule has 108 valence electrons. The molecular weight excluding hydrogens is 260 g/mol. The van der Waals surface area contributed by atoms with Crippen LogP contribution in [0, 0.1) is 0 Å². The summed E-state index contributed by atoms with van der Waals surface area (Å²) in [6.07, 6.45) is -1.31. The summed E-state index contributed by atoms with van der Waals surface area (Å²) < 4.78 is 29.4. The normalized spacial score (nSPS) is 42.2. The zero-order chi connectivity index (χ0) is 13.7. The predicted molar refractivity (Wildman–Crippen MR) is 68.7 cm³/mol. The highest BCUT2D eigenvalue weighted by Gasteiger charge is 2.57. The van der Waals surface area contributed by atoms with Crippen molar-refractivity contribution in [2.24, 2.45) is 0 Å². The lowest BCUT2D eigenvalue weighted by Gasteiger charge is -2.24. The van der Waals surface area contributed by atoms with Crippen LogP contribution < -0.4 is 0 Å². The quantitative estimate of drug-likeness (QED) is 0.786. The molecular formula is C15H18O5. The molecule has 0 amide bonds. The van der Waals surface area contributed by atoms with Crippen LogP contribution in [0.3, 0.4) is 0 Å². The van der Waals surface area contributed by atoms with Gasteiger partial charge in [0.2, 0.25) is 0 Å². The molecule has 3 heterocycles. The Morgan fingerprint density at radius 2 is 1.75 bits per heavy atom. The molecule has 3 aliphatic rings. The average Bonchev–Trinajstić information content (AvgIpc) is 2.80. The first-order valence-corrected chi connectivity index (χ1v) is 6.95. The van der Waals surface area contributed by atoms with E-state index in [-0.39, 0.29) is 18.3 Å². The Morgan fingerprint density at radius 3 is 2.55 bits per heavy atom. The van der Waals surface area contributed by atoms with E-state index < -0.39 is 18.4 Å². The van der Waals surface area contributed by atoms with Crippen molar-refractivity contribution < 1.29 is 23.7 Å². The van der Waals surface area contributed by atoms with Gasteiger partial charge in [-0.1, -0.05) is 30.3 Å². The lowest BCUT2D eigenvalue weighted by molar-refractivity contribution is -0.252. The van der Waals surface area contributed by atoms with Gasteiger partial charge in [-0.25, -0.2) is 0 Å². The standard InChI is InChI=1S/C15H18O5/c1-15(2)19-11-10-8-16-13(9-6-4-3-5-7-9)18-14(17-10)12(11)20-15/h3-7,10-14H,8H2,1-2H3/t10-,11-,12-,13-,14+/m1/s1. The highest BCUT2D eigenvalue weighted by atomic mass is 16.8. The van der Waals surface area contributed by atoms with E-state index in [1.54, 1.807) is 0 Å². The van der Waals surface area contributed by atoms with Crippen LogP contribution >= 0.6 is 0 Å². The molecule has 3 aliphatic heterocycles. The van der Waals surface area contributed by atoms with Crippen LogP contribution in [0.25, 0.3) is 0 Å². The summed E-state index contributed by atoms with van der Waals surface area (Å²) in [6, 6.07) is 9.86. The third kappa shape index (κ3) is 2.06. The number of rotatable bonds is 1. The molecule has 0 spiro atoms. The molecule has 5 nitrogen and oxygen atoms in total. The second kappa shape index (κ2) is 4.51. The van der Waals surface area contributed by atoms with Gasteiger partial charge < -0.3 is 23.7 Å². The Morgan fingerprint density at radius 1 is 1.00 bits per heavy atom. The van der Waals surface area contributed by atoms with Crippen LogP contribution in [-0.2, 0) is 23.7 Å². The molecule has 2 bridgehead atoms. The number of fused-ring (bicyclic) bond motifs is 5. The van der Waals surface area contributed by atoms with E-state index in [1.807, 2.05) is 44.2 Å². The number of hydrogen-bond donors (Lipinski definition) is 0. The van der Waals surface area contributed by atoms with E-state index in [9.17, 15) is 0 Å². The van der Waals surface area contributed by atoms with Crippen molar-refractivity contribution in [3.05, 3.63) is 35.9 Å².